The smallest absolute Gasteiger partial charge is 0.293 e. The number of hydrogen-bond donors (Lipinski definition) is 1. The lowest BCUT2D eigenvalue weighted by molar-refractivity contribution is -0.112. The van der Waals surface area contributed by atoms with E-state index in [1.165, 1.54) is 0 Å². The Morgan fingerprint density at radius 2 is 2.21 bits per heavy atom. The minimum Gasteiger partial charge on any atom is -0.495 e. The van der Waals surface area contributed by atoms with Crippen LogP contribution in [0.2, 0.25) is 0 Å². The van der Waals surface area contributed by atoms with E-state index < -0.39 is 5.91 Å². The van der Waals surface area contributed by atoms with Crippen LogP contribution in [-0.4, -0.2) is 13.0 Å². The monoisotopic (exact) mass is 189 g/mol. The summed E-state index contributed by atoms with van der Waals surface area (Å²) in [6.07, 6.45) is 0. The average molecular weight is 189 g/mol. The molecule has 0 unspecified atom stereocenters. The molecule has 0 saturated carbocycles. The van der Waals surface area contributed by atoms with E-state index >= 15 is 0 Å². The Morgan fingerprint density at radius 3 is 2.79 bits per heavy atom. The summed E-state index contributed by atoms with van der Waals surface area (Å²) in [5.74, 6) is 4.91. The fourth-order valence-electron chi connectivity index (χ4n) is 1.03. The Bertz CT molecular complexity index is 413. The molecular weight excluding hydrogens is 178 g/mol. The number of nitrogens with two attached hydrogens (primary N) is 1. The molecule has 0 heterocycles. The van der Waals surface area contributed by atoms with Gasteiger partial charge in [0.25, 0.3) is 5.91 Å². The normalized spacial score (nSPS) is 8.71. The number of aryl methyl sites for hydroxylation is 1. The molecule has 1 rings (SSSR count). The number of hydrogen-bond acceptors (Lipinski definition) is 2. The van der Waals surface area contributed by atoms with Crippen molar-refractivity contribution >= 4 is 5.91 Å². The van der Waals surface area contributed by atoms with Crippen molar-refractivity contribution in [2.24, 2.45) is 5.73 Å². The first-order valence-corrected chi connectivity index (χ1v) is 4.09. The molecule has 1 amide bonds. The van der Waals surface area contributed by atoms with Gasteiger partial charge < -0.3 is 10.5 Å². The largest absolute Gasteiger partial charge is 0.495 e. The number of rotatable bonds is 1. The third kappa shape index (κ3) is 2.53. The fourth-order valence-corrected chi connectivity index (χ4v) is 1.03. The highest BCUT2D eigenvalue weighted by molar-refractivity contribution is 5.92. The summed E-state index contributed by atoms with van der Waals surface area (Å²) in [6.45, 7) is 1.95. The van der Waals surface area contributed by atoms with Crippen LogP contribution in [0.25, 0.3) is 0 Å². The van der Waals surface area contributed by atoms with Gasteiger partial charge >= 0.3 is 0 Å². The number of methoxy groups -OCH3 is 1. The van der Waals surface area contributed by atoms with E-state index in [9.17, 15) is 4.79 Å². The molecule has 1 aromatic carbocycles. The Balaban J connectivity index is 3.10. The number of carbonyl (C=O) groups is 1. The molecule has 0 aliphatic carbocycles. The van der Waals surface area contributed by atoms with Gasteiger partial charge in [-0.3, -0.25) is 4.79 Å². The summed E-state index contributed by atoms with van der Waals surface area (Å²) in [7, 11) is 1.56. The van der Waals surface area contributed by atoms with Crippen molar-refractivity contribution in [2.75, 3.05) is 7.11 Å². The van der Waals surface area contributed by atoms with Crippen molar-refractivity contribution in [3.05, 3.63) is 29.3 Å². The van der Waals surface area contributed by atoms with Gasteiger partial charge in [0.2, 0.25) is 0 Å². The average Bonchev–Trinajstić information content (AvgIpc) is 2.15. The summed E-state index contributed by atoms with van der Waals surface area (Å²) in [5.41, 5.74) is 6.65. The zero-order valence-corrected chi connectivity index (χ0v) is 8.13. The summed E-state index contributed by atoms with van der Waals surface area (Å²) in [5, 5.41) is 0. The molecule has 1 aromatic rings. The highest BCUT2D eigenvalue weighted by Gasteiger charge is 1.99. The summed E-state index contributed by atoms with van der Waals surface area (Å²) in [4.78, 5) is 10.4. The Hall–Kier alpha value is -1.95. The molecule has 0 aromatic heterocycles. The summed E-state index contributed by atoms with van der Waals surface area (Å²) >= 11 is 0. The zero-order chi connectivity index (χ0) is 10.6. The standard InChI is InChI=1S/C11H11NO2/c1-8-3-4-9(5-6-11(12)13)10(7-8)14-2/h3-4,7H,1-2H3,(H2,12,13). The molecule has 0 aliphatic heterocycles. The highest BCUT2D eigenvalue weighted by atomic mass is 16.5. The molecular formula is C11H11NO2. The van der Waals surface area contributed by atoms with Gasteiger partial charge in [-0.1, -0.05) is 12.0 Å². The topological polar surface area (TPSA) is 52.3 Å². The molecule has 3 heteroatoms. The molecule has 0 atom stereocenters. The molecule has 0 spiro atoms. The Labute approximate surface area is 82.9 Å². The zero-order valence-electron chi connectivity index (χ0n) is 8.13. The van der Waals surface area contributed by atoms with Gasteiger partial charge in [-0.15, -0.1) is 0 Å². The summed E-state index contributed by atoms with van der Waals surface area (Å²) in [6, 6.07) is 5.54. The van der Waals surface area contributed by atoms with Crippen molar-refractivity contribution in [1.29, 1.82) is 0 Å². The van der Waals surface area contributed by atoms with Crippen LogP contribution in [-0.2, 0) is 4.79 Å². The van der Waals surface area contributed by atoms with Gasteiger partial charge in [-0.05, 0) is 24.6 Å². The maximum Gasteiger partial charge on any atom is 0.293 e. The molecule has 0 aliphatic rings. The maximum atomic E-state index is 10.4. The van der Waals surface area contributed by atoms with Crippen molar-refractivity contribution in [1.82, 2.24) is 0 Å². The Kier molecular flexibility index (Phi) is 3.14. The lowest BCUT2D eigenvalue weighted by atomic mass is 10.1. The third-order valence-electron chi connectivity index (χ3n) is 1.68. The van der Waals surface area contributed by atoms with E-state index in [0.29, 0.717) is 11.3 Å². The first-order chi connectivity index (χ1) is 6.63. The molecule has 3 nitrogen and oxygen atoms in total. The van der Waals surface area contributed by atoms with Gasteiger partial charge in [0.05, 0.1) is 12.7 Å². The second-order valence-corrected chi connectivity index (χ2v) is 2.82. The van der Waals surface area contributed by atoms with E-state index in [1.807, 2.05) is 19.1 Å². The lowest BCUT2D eigenvalue weighted by Crippen LogP contribution is -2.06. The second-order valence-electron chi connectivity index (χ2n) is 2.82. The van der Waals surface area contributed by atoms with Crippen molar-refractivity contribution in [3.63, 3.8) is 0 Å². The van der Waals surface area contributed by atoms with E-state index in [-0.39, 0.29) is 0 Å². The fraction of sp³-hybridized carbons (Fsp3) is 0.182. The third-order valence-corrected chi connectivity index (χ3v) is 1.68. The number of carbonyl (C=O) groups excluding carboxylic acids is 1. The molecule has 0 radical (unpaired) electrons. The van der Waals surface area contributed by atoms with Crippen LogP contribution in [0.4, 0.5) is 0 Å². The van der Waals surface area contributed by atoms with Crippen LogP contribution in [0.1, 0.15) is 11.1 Å². The van der Waals surface area contributed by atoms with E-state index in [2.05, 4.69) is 11.8 Å². The van der Waals surface area contributed by atoms with Crippen molar-refractivity contribution < 1.29 is 9.53 Å². The number of ether oxygens (including phenoxy) is 1. The van der Waals surface area contributed by atoms with Crippen molar-refractivity contribution in [3.8, 4) is 17.6 Å². The number of primary amides is 1. The molecule has 0 fully saturated rings. The lowest BCUT2D eigenvalue weighted by Gasteiger charge is -2.03. The molecule has 14 heavy (non-hydrogen) atoms. The predicted molar refractivity (Wildman–Crippen MR) is 53.8 cm³/mol. The van der Waals surface area contributed by atoms with Crippen LogP contribution < -0.4 is 10.5 Å². The van der Waals surface area contributed by atoms with Gasteiger partial charge in [0.1, 0.15) is 5.75 Å². The van der Waals surface area contributed by atoms with E-state index in [1.54, 1.807) is 13.2 Å². The van der Waals surface area contributed by atoms with Crippen LogP contribution >= 0.6 is 0 Å². The van der Waals surface area contributed by atoms with E-state index in [4.69, 9.17) is 10.5 Å². The van der Waals surface area contributed by atoms with Gasteiger partial charge in [-0.2, -0.15) is 0 Å². The maximum absolute atomic E-state index is 10.4. The number of amides is 1. The SMILES string of the molecule is COc1cc(C)ccc1C#CC(N)=O. The van der Waals surface area contributed by atoms with Crippen molar-refractivity contribution in [2.45, 2.75) is 6.92 Å². The van der Waals surface area contributed by atoms with Gasteiger partial charge in [0.15, 0.2) is 0 Å². The van der Waals surface area contributed by atoms with Gasteiger partial charge in [-0.25, -0.2) is 0 Å². The highest BCUT2D eigenvalue weighted by Crippen LogP contribution is 2.18. The predicted octanol–water partition coefficient (Wildman–Crippen LogP) is 0.840. The van der Waals surface area contributed by atoms with Crippen LogP contribution in [0.5, 0.6) is 5.75 Å². The first kappa shape index (κ1) is 10.1. The quantitative estimate of drug-likeness (QED) is 0.665. The van der Waals surface area contributed by atoms with Crippen LogP contribution in [0, 0.1) is 18.8 Å². The minimum absolute atomic E-state index is 0.646. The Morgan fingerprint density at radius 1 is 1.50 bits per heavy atom. The molecule has 0 saturated heterocycles. The number of benzene rings is 1. The van der Waals surface area contributed by atoms with Crippen LogP contribution in [0.3, 0.4) is 0 Å². The minimum atomic E-state index is -0.646. The molecule has 72 valence electrons. The van der Waals surface area contributed by atoms with Gasteiger partial charge in [0, 0.05) is 5.92 Å². The van der Waals surface area contributed by atoms with Crippen LogP contribution in [0.15, 0.2) is 18.2 Å². The molecule has 2 N–H and O–H groups in total. The second kappa shape index (κ2) is 4.33. The first-order valence-electron chi connectivity index (χ1n) is 4.09. The molecule has 0 bridgehead atoms. The van der Waals surface area contributed by atoms with E-state index in [0.717, 1.165) is 5.56 Å². The summed E-state index contributed by atoms with van der Waals surface area (Å²) < 4.78 is 5.10.